The summed E-state index contributed by atoms with van der Waals surface area (Å²) in [6.07, 6.45) is 2.25. The van der Waals surface area contributed by atoms with Gasteiger partial charge in [0.2, 0.25) is 16.2 Å². The number of allylic oxidation sites excluding steroid dienone is 3. The van der Waals surface area contributed by atoms with Gasteiger partial charge in [-0.1, -0.05) is 70.6 Å². The van der Waals surface area contributed by atoms with Gasteiger partial charge in [-0.2, -0.15) is 5.26 Å². The van der Waals surface area contributed by atoms with Crippen molar-refractivity contribution < 1.29 is 9.59 Å². The molecule has 39 heavy (non-hydrogen) atoms. The number of ketones is 1. The minimum atomic E-state index is -0.783. The molecule has 200 valence electrons. The first-order valence-corrected chi connectivity index (χ1v) is 15.2. The van der Waals surface area contributed by atoms with Gasteiger partial charge in [0, 0.05) is 33.3 Å². The van der Waals surface area contributed by atoms with Gasteiger partial charge in [0.05, 0.1) is 23.3 Å². The largest absolute Gasteiger partial charge is 0.384 e. The van der Waals surface area contributed by atoms with Crippen LogP contribution in [0.4, 0.5) is 10.3 Å². The predicted octanol–water partition coefficient (Wildman–Crippen LogP) is 5.29. The van der Waals surface area contributed by atoms with Gasteiger partial charge >= 0.3 is 0 Å². The predicted molar refractivity (Wildman–Crippen MR) is 153 cm³/mol. The standard InChI is InChI=1S/C24H20Cl2N8O2S3/c1-2-17-30-31-22(38-17)29-16(36)10-37-24-33-32-23(39-24)34-14-7-4-8-15(35)20(14)18(11(9-27)21(34)28)19-12(25)5-3-6-13(19)26/h3,5-6,18H,2,4,7-8,10,28H2,1H3,(H,29,31,36). The van der Waals surface area contributed by atoms with E-state index in [9.17, 15) is 14.9 Å². The lowest BCUT2D eigenvalue weighted by Crippen LogP contribution is -2.38. The van der Waals surface area contributed by atoms with Crippen LogP contribution < -0.4 is 16.0 Å². The molecular weight excluding hydrogens is 599 g/mol. The molecule has 1 amide bonds. The first kappa shape index (κ1) is 27.5. The van der Waals surface area contributed by atoms with Crippen LogP contribution in [0.5, 0.6) is 0 Å². The molecule has 0 saturated carbocycles. The number of anilines is 2. The molecule has 15 heteroatoms. The van der Waals surface area contributed by atoms with E-state index >= 15 is 0 Å². The summed E-state index contributed by atoms with van der Waals surface area (Å²) >= 11 is 16.8. The van der Waals surface area contributed by atoms with E-state index in [2.05, 4.69) is 31.8 Å². The number of benzene rings is 1. The van der Waals surface area contributed by atoms with Crippen molar-refractivity contribution in [2.45, 2.75) is 42.9 Å². The van der Waals surface area contributed by atoms with Crippen LogP contribution in [0.2, 0.25) is 10.0 Å². The van der Waals surface area contributed by atoms with Crippen molar-refractivity contribution in [1.82, 2.24) is 20.4 Å². The fourth-order valence-electron chi connectivity index (χ4n) is 4.46. The molecule has 1 aliphatic heterocycles. The van der Waals surface area contributed by atoms with Crippen LogP contribution in [0.1, 0.15) is 42.7 Å². The molecule has 2 aromatic heterocycles. The number of Topliss-reactive ketones (excluding diaryl/α,β-unsaturated/α-hetero) is 1. The summed E-state index contributed by atoms with van der Waals surface area (Å²) in [5, 5.41) is 31.7. The molecule has 0 fully saturated rings. The normalized spacial score (nSPS) is 17.3. The van der Waals surface area contributed by atoms with Gasteiger partial charge in [0.1, 0.15) is 10.8 Å². The Morgan fingerprint density at radius 2 is 2.00 bits per heavy atom. The molecule has 2 aliphatic rings. The van der Waals surface area contributed by atoms with Gasteiger partial charge < -0.3 is 5.73 Å². The van der Waals surface area contributed by atoms with Gasteiger partial charge in [-0.3, -0.25) is 19.8 Å². The molecule has 10 nitrogen and oxygen atoms in total. The Balaban J connectivity index is 1.44. The highest BCUT2D eigenvalue weighted by Gasteiger charge is 2.42. The van der Waals surface area contributed by atoms with Crippen LogP contribution in [-0.2, 0) is 16.0 Å². The number of amides is 1. The lowest BCUT2D eigenvalue weighted by Gasteiger charge is -2.38. The molecular formula is C24H20Cl2N8O2S3. The molecule has 1 aliphatic carbocycles. The smallest absolute Gasteiger partial charge is 0.236 e. The quantitative estimate of drug-likeness (QED) is 0.334. The van der Waals surface area contributed by atoms with Gasteiger partial charge in [0.25, 0.3) is 0 Å². The Morgan fingerprint density at radius 3 is 2.69 bits per heavy atom. The van der Waals surface area contributed by atoms with Crippen LogP contribution in [0, 0.1) is 11.3 Å². The number of rotatable bonds is 7. The highest BCUT2D eigenvalue weighted by atomic mass is 35.5. The number of nitrogens with one attached hydrogen (secondary N) is 1. The van der Waals surface area contributed by atoms with Crippen LogP contribution in [0.3, 0.4) is 0 Å². The molecule has 5 rings (SSSR count). The number of hydrogen-bond donors (Lipinski definition) is 2. The Labute approximate surface area is 245 Å². The Bertz CT molecular complexity index is 1550. The van der Waals surface area contributed by atoms with Gasteiger partial charge in [-0.15, -0.1) is 20.4 Å². The number of nitrogens with two attached hydrogens (primary N) is 1. The van der Waals surface area contributed by atoms with E-state index in [1.165, 1.54) is 34.4 Å². The molecule has 0 bridgehead atoms. The van der Waals surface area contributed by atoms with Crippen LogP contribution in [-0.4, -0.2) is 37.8 Å². The number of aromatic nitrogens is 4. The van der Waals surface area contributed by atoms with Crippen molar-refractivity contribution in [2.24, 2.45) is 5.73 Å². The second kappa shape index (κ2) is 11.6. The van der Waals surface area contributed by atoms with Crippen molar-refractivity contribution in [1.29, 1.82) is 5.26 Å². The van der Waals surface area contributed by atoms with Crippen molar-refractivity contribution in [3.63, 3.8) is 0 Å². The van der Waals surface area contributed by atoms with Crippen molar-refractivity contribution in [2.75, 3.05) is 16.0 Å². The SMILES string of the molecule is CCc1nnc(NC(=O)CSc2nnc(N3C(N)=C(C#N)C(c4c(Cl)cccc4Cl)C4=C3CCCC4=O)s2)s1. The third-order valence-corrected chi connectivity index (χ3v) is 9.82. The van der Waals surface area contributed by atoms with E-state index in [4.69, 9.17) is 28.9 Å². The highest BCUT2D eigenvalue weighted by Crippen LogP contribution is 2.49. The van der Waals surface area contributed by atoms with E-state index < -0.39 is 5.92 Å². The van der Waals surface area contributed by atoms with E-state index in [0.29, 0.717) is 60.7 Å². The molecule has 1 aromatic carbocycles. The molecule has 0 spiro atoms. The Kier molecular flexibility index (Phi) is 8.20. The number of carbonyl (C=O) groups excluding carboxylic acids is 2. The molecule has 0 saturated heterocycles. The highest BCUT2D eigenvalue weighted by molar-refractivity contribution is 8.01. The number of aryl methyl sites for hydroxylation is 1. The number of carbonyl (C=O) groups is 2. The van der Waals surface area contributed by atoms with Crippen molar-refractivity contribution >= 4 is 79.6 Å². The minimum Gasteiger partial charge on any atom is -0.384 e. The second-order valence-corrected chi connectivity index (χ2v) is 12.5. The fraction of sp³-hybridized carbons (Fsp3) is 0.292. The summed E-state index contributed by atoms with van der Waals surface area (Å²) in [7, 11) is 0. The van der Waals surface area contributed by atoms with E-state index in [-0.39, 0.29) is 28.8 Å². The monoisotopic (exact) mass is 618 g/mol. The van der Waals surface area contributed by atoms with Crippen LogP contribution >= 0.6 is 57.6 Å². The topological polar surface area (TPSA) is 151 Å². The third-order valence-electron chi connectivity index (χ3n) is 6.13. The number of thioether (sulfide) groups is 1. The average molecular weight is 620 g/mol. The molecule has 1 unspecified atom stereocenters. The average Bonchev–Trinajstić information content (AvgIpc) is 3.57. The Hall–Kier alpha value is -3.02. The summed E-state index contributed by atoms with van der Waals surface area (Å²) in [4.78, 5) is 27.3. The summed E-state index contributed by atoms with van der Waals surface area (Å²) in [6.45, 7) is 1.97. The van der Waals surface area contributed by atoms with Crippen LogP contribution in [0.15, 0.2) is 45.2 Å². The summed E-state index contributed by atoms with van der Waals surface area (Å²) < 4.78 is 0.526. The van der Waals surface area contributed by atoms with Crippen LogP contribution in [0.25, 0.3) is 0 Å². The third kappa shape index (κ3) is 5.39. The minimum absolute atomic E-state index is 0.0873. The molecule has 1 atom stereocenters. The van der Waals surface area contributed by atoms with E-state index in [1.807, 2.05) is 6.92 Å². The van der Waals surface area contributed by atoms with Gasteiger partial charge in [-0.25, -0.2) is 0 Å². The van der Waals surface area contributed by atoms with Gasteiger partial charge in [-0.05, 0) is 31.4 Å². The Morgan fingerprint density at radius 1 is 1.23 bits per heavy atom. The zero-order valence-corrected chi connectivity index (χ0v) is 24.4. The maximum absolute atomic E-state index is 13.3. The zero-order chi connectivity index (χ0) is 27.7. The summed E-state index contributed by atoms with van der Waals surface area (Å²) in [5.41, 5.74) is 8.31. The zero-order valence-electron chi connectivity index (χ0n) is 20.4. The molecule has 3 aromatic rings. The molecule has 3 N–H and O–H groups in total. The number of hydrogen-bond acceptors (Lipinski definition) is 12. The first-order valence-electron chi connectivity index (χ1n) is 11.8. The number of halogens is 2. The molecule has 3 heterocycles. The number of nitriles is 1. The maximum Gasteiger partial charge on any atom is 0.236 e. The summed E-state index contributed by atoms with van der Waals surface area (Å²) in [5.74, 6) is -0.901. The summed E-state index contributed by atoms with van der Waals surface area (Å²) in [6, 6.07) is 7.23. The maximum atomic E-state index is 13.3. The second-order valence-electron chi connectivity index (χ2n) is 8.49. The van der Waals surface area contributed by atoms with Gasteiger partial charge in [0.15, 0.2) is 10.1 Å². The lowest BCUT2D eigenvalue weighted by molar-refractivity contribution is -0.116. The van der Waals surface area contributed by atoms with Crippen molar-refractivity contribution in [3.05, 3.63) is 61.5 Å². The van der Waals surface area contributed by atoms with E-state index in [0.717, 1.165) is 11.4 Å². The number of nitrogens with zero attached hydrogens (tertiary/aromatic N) is 6. The van der Waals surface area contributed by atoms with E-state index in [1.54, 1.807) is 23.1 Å². The first-order chi connectivity index (χ1) is 18.8. The van der Waals surface area contributed by atoms with Crippen molar-refractivity contribution in [3.8, 4) is 6.07 Å². The molecule has 0 radical (unpaired) electrons. The fourth-order valence-corrected chi connectivity index (χ4v) is 7.45. The lowest BCUT2D eigenvalue weighted by atomic mass is 9.75.